The molecular weight excluding hydrogens is 458 g/mol. The molecule has 0 fully saturated rings. The smallest absolute Gasteiger partial charge is 0.279 e. The minimum Gasteiger partial charge on any atom is -0.495 e. The standard InChI is InChI=1S/C24H31N3O4S2/c1-5-15-26(16-6-2)33(29,30)19-13-11-18(12-14-19)23(28)25-24-27(17-7-3)22-20(31-4)9-8-10-21(22)32-24/h8-14H,5-7,15-17H2,1-4H3. The zero-order valence-electron chi connectivity index (χ0n) is 19.6. The van der Waals surface area contributed by atoms with E-state index in [0.29, 0.717) is 30.0 Å². The number of benzene rings is 2. The lowest BCUT2D eigenvalue weighted by molar-refractivity contribution is 0.0997. The second kappa shape index (κ2) is 11.1. The zero-order chi connectivity index (χ0) is 24.0. The predicted octanol–water partition coefficient (Wildman–Crippen LogP) is 4.67. The molecule has 2 aromatic carbocycles. The Morgan fingerprint density at radius 2 is 1.70 bits per heavy atom. The normalized spacial score (nSPS) is 12.6. The van der Waals surface area contributed by atoms with Crippen molar-refractivity contribution in [2.45, 2.75) is 51.5 Å². The molecule has 0 radical (unpaired) electrons. The molecule has 0 bridgehead atoms. The first kappa shape index (κ1) is 25.1. The number of ether oxygens (including phenoxy) is 1. The summed E-state index contributed by atoms with van der Waals surface area (Å²) >= 11 is 1.43. The van der Waals surface area contributed by atoms with Crippen LogP contribution in [0.5, 0.6) is 5.75 Å². The Kier molecular flexibility index (Phi) is 8.45. The number of carbonyl (C=O) groups is 1. The van der Waals surface area contributed by atoms with Gasteiger partial charge in [0.15, 0.2) is 4.80 Å². The van der Waals surface area contributed by atoms with Crippen LogP contribution in [0, 0.1) is 0 Å². The van der Waals surface area contributed by atoms with Crippen LogP contribution in [0.2, 0.25) is 0 Å². The molecule has 33 heavy (non-hydrogen) atoms. The third-order valence-corrected chi connectivity index (χ3v) is 8.17. The number of methoxy groups -OCH3 is 1. The molecule has 0 aliphatic carbocycles. The summed E-state index contributed by atoms with van der Waals surface area (Å²) < 4.78 is 35.9. The first-order valence-electron chi connectivity index (χ1n) is 11.2. The van der Waals surface area contributed by atoms with Gasteiger partial charge in [-0.05, 0) is 55.7 Å². The Hall–Kier alpha value is -2.49. The van der Waals surface area contributed by atoms with Crippen LogP contribution in [0.1, 0.15) is 50.4 Å². The highest BCUT2D eigenvalue weighted by molar-refractivity contribution is 7.89. The maximum Gasteiger partial charge on any atom is 0.279 e. The number of fused-ring (bicyclic) bond motifs is 1. The molecule has 3 aromatic rings. The topological polar surface area (TPSA) is 81.0 Å². The SMILES string of the molecule is CCCN(CCC)S(=O)(=O)c1ccc(C(=O)N=c2sc3cccc(OC)c3n2CCC)cc1. The maximum absolute atomic E-state index is 13.0. The lowest BCUT2D eigenvalue weighted by atomic mass is 10.2. The minimum absolute atomic E-state index is 0.189. The summed E-state index contributed by atoms with van der Waals surface area (Å²) in [7, 11) is -1.96. The van der Waals surface area contributed by atoms with Crippen molar-refractivity contribution in [2.24, 2.45) is 4.99 Å². The molecule has 9 heteroatoms. The molecule has 1 heterocycles. The van der Waals surface area contributed by atoms with E-state index < -0.39 is 15.9 Å². The number of para-hydroxylation sites is 1. The summed E-state index contributed by atoms with van der Waals surface area (Å²) in [4.78, 5) is 18.1. The van der Waals surface area contributed by atoms with Crippen LogP contribution in [-0.2, 0) is 16.6 Å². The molecular formula is C24H31N3O4S2. The Balaban J connectivity index is 1.97. The highest BCUT2D eigenvalue weighted by Gasteiger charge is 2.23. The van der Waals surface area contributed by atoms with Crippen LogP contribution < -0.4 is 9.54 Å². The largest absolute Gasteiger partial charge is 0.495 e. The third-order valence-electron chi connectivity index (χ3n) is 5.21. The zero-order valence-corrected chi connectivity index (χ0v) is 21.2. The van der Waals surface area contributed by atoms with Crippen LogP contribution >= 0.6 is 11.3 Å². The van der Waals surface area contributed by atoms with E-state index in [2.05, 4.69) is 11.9 Å². The van der Waals surface area contributed by atoms with E-state index in [0.717, 1.165) is 35.2 Å². The van der Waals surface area contributed by atoms with Gasteiger partial charge in [0, 0.05) is 25.2 Å². The number of thiazole rings is 1. The number of hydrogen-bond donors (Lipinski definition) is 0. The quantitative estimate of drug-likeness (QED) is 0.414. The molecule has 0 aliphatic heterocycles. The van der Waals surface area contributed by atoms with Gasteiger partial charge in [-0.15, -0.1) is 0 Å². The van der Waals surface area contributed by atoms with Crippen molar-refractivity contribution in [2.75, 3.05) is 20.2 Å². The van der Waals surface area contributed by atoms with Gasteiger partial charge in [0.2, 0.25) is 10.0 Å². The van der Waals surface area contributed by atoms with Gasteiger partial charge >= 0.3 is 0 Å². The fraction of sp³-hybridized carbons (Fsp3) is 0.417. The molecule has 1 aromatic heterocycles. The molecule has 0 N–H and O–H groups in total. The van der Waals surface area contributed by atoms with Crippen molar-refractivity contribution in [1.29, 1.82) is 0 Å². The van der Waals surface area contributed by atoms with Crippen LogP contribution in [-0.4, -0.2) is 43.4 Å². The lowest BCUT2D eigenvalue weighted by Crippen LogP contribution is -2.32. The van der Waals surface area contributed by atoms with Crippen LogP contribution in [0.3, 0.4) is 0 Å². The summed E-state index contributed by atoms with van der Waals surface area (Å²) in [6.45, 7) is 7.62. The molecule has 0 saturated heterocycles. The molecule has 178 valence electrons. The Morgan fingerprint density at radius 1 is 1.03 bits per heavy atom. The third kappa shape index (κ3) is 5.37. The summed E-state index contributed by atoms with van der Waals surface area (Å²) in [5.74, 6) is 0.331. The van der Waals surface area contributed by atoms with Crippen molar-refractivity contribution in [3.63, 3.8) is 0 Å². The van der Waals surface area contributed by atoms with Crippen LogP contribution in [0.15, 0.2) is 52.4 Å². The molecule has 3 rings (SSSR count). The number of rotatable bonds is 10. The number of aryl methyl sites for hydroxylation is 1. The van der Waals surface area contributed by atoms with Crippen molar-refractivity contribution in [3.05, 3.63) is 52.8 Å². The fourth-order valence-corrected chi connectivity index (χ4v) is 6.40. The van der Waals surface area contributed by atoms with Crippen molar-refractivity contribution in [1.82, 2.24) is 8.87 Å². The first-order chi connectivity index (χ1) is 15.9. The van der Waals surface area contributed by atoms with E-state index in [9.17, 15) is 13.2 Å². The molecule has 0 unspecified atom stereocenters. The Bertz CT molecular complexity index is 1270. The Morgan fingerprint density at radius 3 is 2.27 bits per heavy atom. The van der Waals surface area contributed by atoms with Crippen molar-refractivity contribution >= 4 is 37.5 Å². The average Bonchev–Trinajstić information content (AvgIpc) is 3.16. The van der Waals surface area contributed by atoms with E-state index >= 15 is 0 Å². The van der Waals surface area contributed by atoms with Gasteiger partial charge in [0.1, 0.15) is 11.3 Å². The van der Waals surface area contributed by atoms with Gasteiger partial charge < -0.3 is 9.30 Å². The highest BCUT2D eigenvalue weighted by Crippen LogP contribution is 2.27. The molecule has 0 saturated carbocycles. The fourth-order valence-electron chi connectivity index (χ4n) is 3.70. The summed E-state index contributed by atoms with van der Waals surface area (Å²) in [6.07, 6.45) is 2.36. The molecule has 0 aliphatic rings. The molecule has 0 atom stereocenters. The van der Waals surface area contributed by atoms with Gasteiger partial charge in [-0.1, -0.05) is 38.2 Å². The van der Waals surface area contributed by atoms with E-state index in [-0.39, 0.29) is 4.90 Å². The maximum atomic E-state index is 13.0. The first-order valence-corrected chi connectivity index (χ1v) is 13.5. The minimum atomic E-state index is -3.59. The van der Waals surface area contributed by atoms with Gasteiger partial charge in [0.05, 0.1) is 16.7 Å². The van der Waals surface area contributed by atoms with E-state index in [1.807, 2.05) is 36.6 Å². The summed E-state index contributed by atoms with van der Waals surface area (Å²) in [5, 5.41) is 0. The molecule has 0 spiro atoms. The van der Waals surface area contributed by atoms with E-state index in [1.165, 1.54) is 39.9 Å². The summed E-state index contributed by atoms with van der Waals surface area (Å²) in [6, 6.07) is 11.8. The number of sulfonamides is 1. The lowest BCUT2D eigenvalue weighted by Gasteiger charge is -2.21. The van der Waals surface area contributed by atoms with Gasteiger partial charge in [-0.3, -0.25) is 4.79 Å². The van der Waals surface area contributed by atoms with Crippen LogP contribution in [0.25, 0.3) is 10.2 Å². The number of aromatic nitrogens is 1. The number of amides is 1. The van der Waals surface area contributed by atoms with Crippen LogP contribution in [0.4, 0.5) is 0 Å². The predicted molar refractivity (Wildman–Crippen MR) is 132 cm³/mol. The molecule has 1 amide bonds. The van der Waals surface area contributed by atoms with E-state index in [1.54, 1.807) is 7.11 Å². The second-order valence-electron chi connectivity index (χ2n) is 7.69. The van der Waals surface area contributed by atoms with Gasteiger partial charge in [-0.25, -0.2) is 8.42 Å². The average molecular weight is 490 g/mol. The summed E-state index contributed by atoms with van der Waals surface area (Å²) in [5.41, 5.74) is 1.27. The monoisotopic (exact) mass is 489 g/mol. The number of hydrogen-bond acceptors (Lipinski definition) is 5. The number of nitrogens with zero attached hydrogens (tertiary/aromatic N) is 3. The van der Waals surface area contributed by atoms with Gasteiger partial charge in [-0.2, -0.15) is 9.30 Å². The molecule has 7 nitrogen and oxygen atoms in total. The van der Waals surface area contributed by atoms with Gasteiger partial charge in [0.25, 0.3) is 5.91 Å². The van der Waals surface area contributed by atoms with Crippen molar-refractivity contribution < 1.29 is 17.9 Å². The second-order valence-corrected chi connectivity index (χ2v) is 10.6. The van der Waals surface area contributed by atoms with E-state index in [4.69, 9.17) is 4.74 Å². The highest BCUT2D eigenvalue weighted by atomic mass is 32.2. The number of carbonyl (C=O) groups excluding carboxylic acids is 1. The van der Waals surface area contributed by atoms with Crippen molar-refractivity contribution in [3.8, 4) is 5.75 Å². The Labute approximate surface area is 199 Å².